The standard InChI is InChI=1S/C23H24N2O2/c1-25(2)20-9-7-16(8-10-20)15-3-5-17(6-4-15)21-11-18-12-22(26)23(27)13-19(18)14-24-21/h3-10,12-13,21,24,26-27H,11,14H2,1-2H3. The lowest BCUT2D eigenvalue weighted by atomic mass is 9.90. The van der Waals surface area contributed by atoms with Crippen LogP contribution in [-0.2, 0) is 13.0 Å². The van der Waals surface area contributed by atoms with E-state index < -0.39 is 0 Å². The van der Waals surface area contributed by atoms with Crippen molar-refractivity contribution in [3.05, 3.63) is 77.4 Å². The molecular weight excluding hydrogens is 336 g/mol. The molecule has 3 N–H and O–H groups in total. The molecule has 27 heavy (non-hydrogen) atoms. The molecule has 0 fully saturated rings. The van der Waals surface area contributed by atoms with Gasteiger partial charge in [-0.25, -0.2) is 0 Å². The van der Waals surface area contributed by atoms with Gasteiger partial charge in [0.15, 0.2) is 11.5 Å². The summed E-state index contributed by atoms with van der Waals surface area (Å²) < 4.78 is 0. The van der Waals surface area contributed by atoms with Crippen LogP contribution >= 0.6 is 0 Å². The first-order chi connectivity index (χ1) is 13.0. The number of phenols is 2. The van der Waals surface area contributed by atoms with Crippen molar-refractivity contribution < 1.29 is 10.2 Å². The van der Waals surface area contributed by atoms with Crippen LogP contribution in [0.4, 0.5) is 5.69 Å². The van der Waals surface area contributed by atoms with Crippen molar-refractivity contribution >= 4 is 5.69 Å². The molecule has 0 saturated heterocycles. The zero-order valence-corrected chi connectivity index (χ0v) is 15.6. The summed E-state index contributed by atoms with van der Waals surface area (Å²) in [5.74, 6) is -0.107. The first-order valence-electron chi connectivity index (χ1n) is 9.16. The second kappa shape index (κ2) is 6.97. The number of hydrogen-bond acceptors (Lipinski definition) is 4. The summed E-state index contributed by atoms with van der Waals surface area (Å²) in [5.41, 5.74) is 6.94. The van der Waals surface area contributed by atoms with Gasteiger partial charge in [0.2, 0.25) is 0 Å². The molecule has 0 bridgehead atoms. The zero-order valence-electron chi connectivity index (χ0n) is 15.6. The Morgan fingerprint density at radius 3 is 1.96 bits per heavy atom. The fraction of sp³-hybridized carbons (Fsp3) is 0.217. The third kappa shape index (κ3) is 3.49. The van der Waals surface area contributed by atoms with Crippen molar-refractivity contribution in [1.29, 1.82) is 0 Å². The third-order valence-corrected chi connectivity index (χ3v) is 5.29. The van der Waals surface area contributed by atoms with E-state index in [0.717, 1.165) is 17.5 Å². The molecule has 1 aliphatic heterocycles. The van der Waals surface area contributed by atoms with Crippen LogP contribution in [-0.4, -0.2) is 24.3 Å². The van der Waals surface area contributed by atoms with E-state index >= 15 is 0 Å². The molecular formula is C23H24N2O2. The first-order valence-corrected chi connectivity index (χ1v) is 9.16. The Morgan fingerprint density at radius 1 is 0.815 bits per heavy atom. The molecule has 4 rings (SSSR count). The van der Waals surface area contributed by atoms with Crippen LogP contribution < -0.4 is 10.2 Å². The van der Waals surface area contributed by atoms with Crippen LogP contribution in [0.25, 0.3) is 11.1 Å². The Bertz CT molecular complexity index is 947. The lowest BCUT2D eigenvalue weighted by Crippen LogP contribution is -2.28. The Labute approximate surface area is 159 Å². The van der Waals surface area contributed by atoms with Gasteiger partial charge in [0.25, 0.3) is 0 Å². The highest BCUT2D eigenvalue weighted by Crippen LogP contribution is 2.34. The highest BCUT2D eigenvalue weighted by molar-refractivity contribution is 5.66. The molecule has 0 amide bonds. The quantitative estimate of drug-likeness (QED) is 0.612. The highest BCUT2D eigenvalue weighted by atomic mass is 16.3. The Morgan fingerprint density at radius 2 is 1.37 bits per heavy atom. The number of phenolic OH excluding ortho intramolecular Hbond substituents is 2. The summed E-state index contributed by atoms with van der Waals surface area (Å²) in [6, 6.07) is 20.7. The van der Waals surface area contributed by atoms with Crippen LogP contribution in [0, 0.1) is 0 Å². The van der Waals surface area contributed by atoms with Crippen LogP contribution in [0.2, 0.25) is 0 Å². The number of anilines is 1. The topological polar surface area (TPSA) is 55.7 Å². The van der Waals surface area contributed by atoms with Crippen LogP contribution in [0.3, 0.4) is 0 Å². The molecule has 0 aromatic heterocycles. The normalized spacial score (nSPS) is 16.0. The summed E-state index contributed by atoms with van der Waals surface area (Å²) in [5, 5.41) is 23.0. The van der Waals surface area contributed by atoms with Crippen molar-refractivity contribution in [2.24, 2.45) is 0 Å². The van der Waals surface area contributed by atoms with E-state index in [9.17, 15) is 10.2 Å². The minimum absolute atomic E-state index is 0.0501. The number of benzene rings is 3. The molecule has 1 aliphatic rings. The molecule has 3 aromatic carbocycles. The highest BCUT2D eigenvalue weighted by Gasteiger charge is 2.21. The molecule has 138 valence electrons. The summed E-state index contributed by atoms with van der Waals surface area (Å²) in [6.45, 7) is 0.682. The van der Waals surface area contributed by atoms with Gasteiger partial charge in [-0.3, -0.25) is 0 Å². The molecule has 0 aliphatic carbocycles. The van der Waals surface area contributed by atoms with Gasteiger partial charge in [-0.15, -0.1) is 0 Å². The molecule has 1 unspecified atom stereocenters. The monoisotopic (exact) mass is 360 g/mol. The van der Waals surface area contributed by atoms with Gasteiger partial charge in [0.05, 0.1) is 0 Å². The number of nitrogens with zero attached hydrogens (tertiary/aromatic N) is 1. The number of nitrogens with one attached hydrogen (secondary N) is 1. The average Bonchev–Trinajstić information content (AvgIpc) is 2.69. The second-order valence-corrected chi connectivity index (χ2v) is 7.31. The van der Waals surface area contributed by atoms with E-state index in [1.54, 1.807) is 12.1 Å². The Kier molecular flexibility index (Phi) is 4.50. The van der Waals surface area contributed by atoms with Gasteiger partial charge in [0, 0.05) is 32.4 Å². The minimum Gasteiger partial charge on any atom is -0.504 e. The molecule has 4 nitrogen and oxygen atoms in total. The molecule has 1 atom stereocenters. The van der Waals surface area contributed by atoms with E-state index in [4.69, 9.17) is 0 Å². The van der Waals surface area contributed by atoms with Crippen molar-refractivity contribution in [1.82, 2.24) is 5.32 Å². The van der Waals surface area contributed by atoms with E-state index in [1.807, 2.05) is 14.1 Å². The summed E-state index contributed by atoms with van der Waals surface area (Å²) >= 11 is 0. The molecule has 0 radical (unpaired) electrons. The number of hydrogen-bond donors (Lipinski definition) is 3. The maximum atomic E-state index is 9.77. The lowest BCUT2D eigenvalue weighted by Gasteiger charge is -2.27. The number of fused-ring (bicyclic) bond motifs is 1. The van der Waals surface area contributed by atoms with Gasteiger partial charge < -0.3 is 20.4 Å². The molecule has 0 saturated carbocycles. The van der Waals surface area contributed by atoms with E-state index in [2.05, 4.69) is 58.7 Å². The predicted molar refractivity (Wildman–Crippen MR) is 109 cm³/mol. The summed E-state index contributed by atoms with van der Waals surface area (Å²) in [7, 11) is 4.08. The molecule has 0 spiro atoms. The second-order valence-electron chi connectivity index (χ2n) is 7.31. The van der Waals surface area contributed by atoms with E-state index in [1.165, 1.54) is 22.4 Å². The van der Waals surface area contributed by atoms with Crippen molar-refractivity contribution in [3.63, 3.8) is 0 Å². The van der Waals surface area contributed by atoms with E-state index in [0.29, 0.717) is 6.54 Å². The van der Waals surface area contributed by atoms with Crippen molar-refractivity contribution in [2.75, 3.05) is 19.0 Å². The Balaban J connectivity index is 1.53. The largest absolute Gasteiger partial charge is 0.504 e. The minimum atomic E-state index is -0.0568. The zero-order chi connectivity index (χ0) is 19.0. The van der Waals surface area contributed by atoms with E-state index in [-0.39, 0.29) is 17.5 Å². The van der Waals surface area contributed by atoms with Crippen molar-refractivity contribution in [3.8, 4) is 22.6 Å². The maximum absolute atomic E-state index is 9.77. The number of rotatable bonds is 3. The average molecular weight is 360 g/mol. The van der Waals surface area contributed by atoms with Gasteiger partial charge in [-0.2, -0.15) is 0 Å². The van der Waals surface area contributed by atoms with Crippen molar-refractivity contribution in [2.45, 2.75) is 19.0 Å². The number of aromatic hydroxyl groups is 2. The summed E-state index contributed by atoms with van der Waals surface area (Å²) in [6.07, 6.45) is 0.792. The van der Waals surface area contributed by atoms with Gasteiger partial charge in [0.1, 0.15) is 0 Å². The van der Waals surface area contributed by atoms with Gasteiger partial charge >= 0.3 is 0 Å². The SMILES string of the molecule is CN(C)c1ccc(-c2ccc(C3Cc4cc(O)c(O)cc4CN3)cc2)cc1. The smallest absolute Gasteiger partial charge is 0.157 e. The lowest BCUT2D eigenvalue weighted by molar-refractivity contribution is 0.399. The van der Waals surface area contributed by atoms with Crippen LogP contribution in [0.1, 0.15) is 22.7 Å². The predicted octanol–water partition coefficient (Wildman–Crippen LogP) is 4.22. The Hall–Kier alpha value is -2.98. The fourth-order valence-electron chi connectivity index (χ4n) is 3.64. The fourth-order valence-corrected chi connectivity index (χ4v) is 3.64. The summed E-state index contributed by atoms with van der Waals surface area (Å²) in [4.78, 5) is 2.09. The first kappa shape index (κ1) is 17.4. The van der Waals surface area contributed by atoms with Crippen LogP contribution in [0.5, 0.6) is 11.5 Å². The van der Waals surface area contributed by atoms with Crippen LogP contribution in [0.15, 0.2) is 60.7 Å². The molecule has 4 heteroatoms. The van der Waals surface area contributed by atoms with Gasteiger partial charge in [-0.05, 0) is 58.5 Å². The maximum Gasteiger partial charge on any atom is 0.157 e. The third-order valence-electron chi connectivity index (χ3n) is 5.29. The van der Waals surface area contributed by atoms with Gasteiger partial charge in [-0.1, -0.05) is 36.4 Å². The molecule has 1 heterocycles. The molecule has 3 aromatic rings.